The number of phenolic OH excluding ortho intramolecular Hbond substituents is 1. The number of nitrogens with zero attached hydrogens (tertiary/aromatic N) is 1. The number of hydrogen-bond donors (Lipinski definition) is 2. The van der Waals surface area contributed by atoms with Gasteiger partial charge in [0.05, 0.1) is 5.52 Å². The van der Waals surface area contributed by atoms with Gasteiger partial charge in [-0.1, -0.05) is 12.1 Å². The van der Waals surface area contributed by atoms with Crippen LogP contribution in [0.15, 0.2) is 24.4 Å². The number of aromatic hydroxyl groups is 1. The van der Waals surface area contributed by atoms with Gasteiger partial charge in [0, 0.05) is 24.2 Å². The molecule has 1 unspecified atom stereocenters. The first-order valence-electron chi connectivity index (χ1n) is 5.67. The molecule has 0 bridgehead atoms. The lowest BCUT2D eigenvalue weighted by atomic mass is 10.1. The van der Waals surface area contributed by atoms with Crippen LogP contribution in [0.3, 0.4) is 0 Å². The largest absolute Gasteiger partial charge is 0.506 e. The standard InChI is InChI=1S/C13H18N2O/c1-4-15-8-11(9(2)14-3)10-6-5-7-12(16)13(10)15/h5-9,14,16H,4H2,1-3H3. The Morgan fingerprint density at radius 3 is 2.81 bits per heavy atom. The Balaban J connectivity index is 2.73. The molecule has 0 aliphatic heterocycles. The third-order valence-electron chi connectivity index (χ3n) is 3.15. The fourth-order valence-electron chi connectivity index (χ4n) is 2.12. The lowest BCUT2D eigenvalue weighted by molar-refractivity contribution is 0.478. The highest BCUT2D eigenvalue weighted by atomic mass is 16.3. The average Bonchev–Trinajstić information content (AvgIpc) is 2.68. The summed E-state index contributed by atoms with van der Waals surface area (Å²) in [6, 6.07) is 5.98. The Kier molecular flexibility index (Phi) is 2.88. The molecule has 0 aliphatic rings. The van der Waals surface area contributed by atoms with Crippen molar-refractivity contribution in [2.45, 2.75) is 26.4 Å². The summed E-state index contributed by atoms with van der Waals surface area (Å²) in [7, 11) is 1.95. The minimum atomic E-state index is 0.289. The van der Waals surface area contributed by atoms with E-state index in [0.29, 0.717) is 5.75 Å². The maximum Gasteiger partial charge on any atom is 0.139 e. The molecule has 1 atom stereocenters. The third-order valence-corrected chi connectivity index (χ3v) is 3.15. The van der Waals surface area contributed by atoms with Crippen molar-refractivity contribution in [1.29, 1.82) is 0 Å². The molecule has 0 aliphatic carbocycles. The fourth-order valence-corrected chi connectivity index (χ4v) is 2.12. The molecule has 0 saturated heterocycles. The SMILES string of the molecule is CCn1cc(C(C)NC)c2cccc(O)c21. The van der Waals surface area contributed by atoms with Crippen LogP contribution in [-0.4, -0.2) is 16.7 Å². The second kappa shape index (κ2) is 4.18. The van der Waals surface area contributed by atoms with Gasteiger partial charge >= 0.3 is 0 Å². The fraction of sp³-hybridized carbons (Fsp3) is 0.385. The summed E-state index contributed by atoms with van der Waals surface area (Å²) in [5.41, 5.74) is 2.16. The van der Waals surface area contributed by atoms with E-state index in [0.717, 1.165) is 17.4 Å². The first-order chi connectivity index (χ1) is 7.69. The van der Waals surface area contributed by atoms with Crippen molar-refractivity contribution >= 4 is 10.9 Å². The topological polar surface area (TPSA) is 37.2 Å². The van der Waals surface area contributed by atoms with Crippen LogP contribution in [0, 0.1) is 0 Å². The molecule has 2 N–H and O–H groups in total. The van der Waals surface area contributed by atoms with Gasteiger partial charge in [-0.05, 0) is 32.5 Å². The van der Waals surface area contributed by atoms with Crippen LogP contribution >= 0.6 is 0 Å². The number of aryl methyl sites for hydroxylation is 1. The molecule has 0 spiro atoms. The van der Waals surface area contributed by atoms with E-state index in [1.165, 1.54) is 5.56 Å². The Hall–Kier alpha value is -1.48. The van der Waals surface area contributed by atoms with Gasteiger partial charge in [0.1, 0.15) is 5.75 Å². The van der Waals surface area contributed by atoms with Crippen LogP contribution in [0.25, 0.3) is 10.9 Å². The zero-order valence-corrected chi connectivity index (χ0v) is 9.99. The van der Waals surface area contributed by atoms with E-state index < -0.39 is 0 Å². The molecule has 2 rings (SSSR count). The van der Waals surface area contributed by atoms with E-state index in [4.69, 9.17) is 0 Å². The quantitative estimate of drug-likeness (QED) is 0.831. The first kappa shape index (κ1) is 11.0. The van der Waals surface area contributed by atoms with Crippen LogP contribution in [0.1, 0.15) is 25.5 Å². The van der Waals surface area contributed by atoms with Gasteiger partial charge in [0.25, 0.3) is 0 Å². The summed E-state index contributed by atoms with van der Waals surface area (Å²) in [5.74, 6) is 0.355. The first-order valence-corrected chi connectivity index (χ1v) is 5.67. The number of para-hydroxylation sites is 1. The molecule has 0 saturated carbocycles. The van der Waals surface area contributed by atoms with Crippen molar-refractivity contribution in [3.05, 3.63) is 30.0 Å². The number of aromatic nitrogens is 1. The Labute approximate surface area is 95.7 Å². The van der Waals surface area contributed by atoms with Gasteiger partial charge < -0.3 is 15.0 Å². The molecule has 2 aromatic rings. The Bertz CT molecular complexity index is 502. The van der Waals surface area contributed by atoms with E-state index >= 15 is 0 Å². The normalized spacial score (nSPS) is 13.2. The van der Waals surface area contributed by atoms with Crippen LogP contribution in [0.5, 0.6) is 5.75 Å². The van der Waals surface area contributed by atoms with E-state index in [1.807, 2.05) is 13.1 Å². The van der Waals surface area contributed by atoms with Crippen LogP contribution in [-0.2, 0) is 6.54 Å². The lowest BCUT2D eigenvalue weighted by Gasteiger charge is -2.08. The van der Waals surface area contributed by atoms with Crippen LogP contribution < -0.4 is 5.32 Å². The second-order valence-corrected chi connectivity index (χ2v) is 4.05. The van der Waals surface area contributed by atoms with E-state index in [2.05, 4.69) is 36.0 Å². The molecule has 0 amide bonds. The molecule has 1 aromatic carbocycles. The van der Waals surface area contributed by atoms with Crippen molar-refractivity contribution in [3.63, 3.8) is 0 Å². The molecular weight excluding hydrogens is 200 g/mol. The summed E-state index contributed by atoms with van der Waals surface area (Å²) < 4.78 is 2.09. The maximum atomic E-state index is 9.91. The zero-order chi connectivity index (χ0) is 11.7. The Morgan fingerprint density at radius 2 is 2.19 bits per heavy atom. The van der Waals surface area contributed by atoms with Gasteiger partial charge in [-0.3, -0.25) is 0 Å². The van der Waals surface area contributed by atoms with Crippen LogP contribution in [0.2, 0.25) is 0 Å². The minimum Gasteiger partial charge on any atom is -0.506 e. The molecular formula is C13H18N2O. The monoisotopic (exact) mass is 218 g/mol. The molecule has 3 heteroatoms. The molecule has 16 heavy (non-hydrogen) atoms. The van der Waals surface area contributed by atoms with E-state index in [1.54, 1.807) is 6.07 Å². The van der Waals surface area contributed by atoms with E-state index in [9.17, 15) is 5.11 Å². The van der Waals surface area contributed by atoms with Gasteiger partial charge in [-0.15, -0.1) is 0 Å². The van der Waals surface area contributed by atoms with E-state index in [-0.39, 0.29) is 6.04 Å². The van der Waals surface area contributed by atoms with Gasteiger partial charge in [-0.25, -0.2) is 0 Å². The Morgan fingerprint density at radius 1 is 1.44 bits per heavy atom. The summed E-state index contributed by atoms with van der Waals surface area (Å²) in [5, 5.41) is 14.3. The third kappa shape index (κ3) is 1.57. The van der Waals surface area contributed by atoms with Crippen molar-refractivity contribution < 1.29 is 5.11 Å². The smallest absolute Gasteiger partial charge is 0.139 e. The van der Waals surface area contributed by atoms with Crippen molar-refractivity contribution in [2.75, 3.05) is 7.05 Å². The van der Waals surface area contributed by atoms with Crippen molar-refractivity contribution in [3.8, 4) is 5.75 Å². The number of hydrogen-bond acceptors (Lipinski definition) is 2. The summed E-state index contributed by atoms with van der Waals surface area (Å²) in [6.45, 7) is 5.07. The second-order valence-electron chi connectivity index (χ2n) is 4.05. The molecule has 1 heterocycles. The zero-order valence-electron chi connectivity index (χ0n) is 9.99. The number of fused-ring (bicyclic) bond motifs is 1. The lowest BCUT2D eigenvalue weighted by Crippen LogP contribution is -2.11. The van der Waals surface area contributed by atoms with Crippen LogP contribution in [0.4, 0.5) is 0 Å². The molecule has 1 aromatic heterocycles. The maximum absolute atomic E-state index is 9.91. The minimum absolute atomic E-state index is 0.289. The molecule has 0 fully saturated rings. The number of phenols is 1. The number of nitrogens with one attached hydrogen (secondary N) is 1. The summed E-state index contributed by atoms with van der Waals surface area (Å²) >= 11 is 0. The summed E-state index contributed by atoms with van der Waals surface area (Å²) in [6.07, 6.45) is 2.12. The molecule has 0 radical (unpaired) electrons. The average molecular weight is 218 g/mol. The van der Waals surface area contributed by atoms with Gasteiger partial charge in [-0.2, -0.15) is 0 Å². The van der Waals surface area contributed by atoms with Gasteiger partial charge in [0.2, 0.25) is 0 Å². The highest BCUT2D eigenvalue weighted by Gasteiger charge is 2.14. The molecule has 3 nitrogen and oxygen atoms in total. The number of benzene rings is 1. The highest BCUT2D eigenvalue weighted by molar-refractivity contribution is 5.89. The summed E-state index contributed by atoms with van der Waals surface area (Å²) in [4.78, 5) is 0. The highest BCUT2D eigenvalue weighted by Crippen LogP contribution is 2.31. The van der Waals surface area contributed by atoms with Crippen molar-refractivity contribution in [2.24, 2.45) is 0 Å². The predicted octanol–water partition coefficient (Wildman–Crippen LogP) is 2.65. The molecule has 86 valence electrons. The van der Waals surface area contributed by atoms with Gasteiger partial charge in [0.15, 0.2) is 0 Å². The van der Waals surface area contributed by atoms with Crippen molar-refractivity contribution in [1.82, 2.24) is 9.88 Å². The predicted molar refractivity (Wildman–Crippen MR) is 66.8 cm³/mol. The number of rotatable bonds is 3.